The van der Waals surface area contributed by atoms with Crippen molar-refractivity contribution in [2.75, 3.05) is 46.4 Å². The Hall–Kier alpha value is -0.610. The van der Waals surface area contributed by atoms with Crippen molar-refractivity contribution in [2.24, 2.45) is 5.92 Å². The molecule has 0 aromatic carbocycles. The topological polar surface area (TPSA) is 32.8 Å². The largest absolute Gasteiger partial charge is 0.379 e. The lowest BCUT2D eigenvalue weighted by Crippen LogP contribution is -2.43. The van der Waals surface area contributed by atoms with Crippen LogP contribution in [-0.2, 0) is 9.53 Å². The molecule has 2 rings (SSSR count). The van der Waals surface area contributed by atoms with Crippen molar-refractivity contribution in [3.05, 3.63) is 0 Å². The summed E-state index contributed by atoms with van der Waals surface area (Å²) in [4.78, 5) is 16.6. The zero-order valence-electron chi connectivity index (χ0n) is 11.6. The van der Waals surface area contributed by atoms with Gasteiger partial charge in [0.15, 0.2) is 0 Å². The Morgan fingerprint density at radius 3 is 2.56 bits per heavy atom. The summed E-state index contributed by atoms with van der Waals surface area (Å²) in [5.41, 5.74) is 0. The third-order valence-electron chi connectivity index (χ3n) is 4.19. The molecule has 104 valence electrons. The molecule has 0 bridgehead atoms. The van der Waals surface area contributed by atoms with E-state index in [1.165, 1.54) is 19.3 Å². The van der Waals surface area contributed by atoms with E-state index in [2.05, 4.69) is 4.90 Å². The highest BCUT2D eigenvalue weighted by atomic mass is 16.5. The first-order valence-electron chi connectivity index (χ1n) is 7.32. The van der Waals surface area contributed by atoms with Gasteiger partial charge in [-0.1, -0.05) is 19.3 Å². The van der Waals surface area contributed by atoms with E-state index >= 15 is 0 Å². The predicted molar refractivity (Wildman–Crippen MR) is 71.5 cm³/mol. The van der Waals surface area contributed by atoms with Gasteiger partial charge in [0.2, 0.25) is 5.91 Å². The van der Waals surface area contributed by atoms with Crippen molar-refractivity contribution in [2.45, 2.75) is 32.1 Å². The Morgan fingerprint density at radius 1 is 1.22 bits per heavy atom. The molecule has 1 saturated carbocycles. The number of morpholine rings is 1. The van der Waals surface area contributed by atoms with Crippen LogP contribution < -0.4 is 0 Å². The summed E-state index contributed by atoms with van der Waals surface area (Å²) in [5.74, 6) is 0.663. The normalized spacial score (nSPS) is 22.9. The molecule has 0 unspecified atom stereocenters. The van der Waals surface area contributed by atoms with Gasteiger partial charge in [-0.25, -0.2) is 0 Å². The molecule has 0 atom stereocenters. The minimum absolute atomic E-state index is 0.299. The van der Waals surface area contributed by atoms with E-state index in [1.807, 2.05) is 11.9 Å². The lowest BCUT2D eigenvalue weighted by atomic mass is 9.88. The summed E-state index contributed by atoms with van der Waals surface area (Å²) in [6.07, 6.45) is 5.96. The van der Waals surface area contributed by atoms with E-state index in [0.29, 0.717) is 11.8 Å². The Labute approximate surface area is 110 Å². The molecule has 18 heavy (non-hydrogen) atoms. The predicted octanol–water partition coefficient (Wildman–Crippen LogP) is 1.36. The van der Waals surface area contributed by atoms with Gasteiger partial charge in [0, 0.05) is 39.1 Å². The van der Waals surface area contributed by atoms with Crippen LogP contribution in [0.25, 0.3) is 0 Å². The minimum atomic E-state index is 0.299. The molecule has 0 aromatic rings. The highest BCUT2D eigenvalue weighted by Gasteiger charge is 2.24. The SMILES string of the molecule is CN(CCN1CCOCC1)C(=O)C1CCCCC1. The van der Waals surface area contributed by atoms with Crippen molar-refractivity contribution < 1.29 is 9.53 Å². The molecule has 1 aliphatic carbocycles. The molecule has 0 spiro atoms. The Balaban J connectivity index is 1.69. The van der Waals surface area contributed by atoms with Crippen molar-refractivity contribution in [1.29, 1.82) is 0 Å². The summed E-state index contributed by atoms with van der Waals surface area (Å²) >= 11 is 0. The fourth-order valence-electron chi connectivity index (χ4n) is 2.89. The third-order valence-corrected chi connectivity index (χ3v) is 4.19. The maximum Gasteiger partial charge on any atom is 0.225 e. The van der Waals surface area contributed by atoms with Crippen LogP contribution in [0.4, 0.5) is 0 Å². The highest BCUT2D eigenvalue weighted by molar-refractivity contribution is 5.78. The first-order chi connectivity index (χ1) is 8.77. The van der Waals surface area contributed by atoms with Crippen LogP contribution in [0.3, 0.4) is 0 Å². The number of rotatable bonds is 4. The van der Waals surface area contributed by atoms with Crippen LogP contribution in [0.2, 0.25) is 0 Å². The van der Waals surface area contributed by atoms with Crippen molar-refractivity contribution in [3.63, 3.8) is 0 Å². The number of likely N-dealkylation sites (N-methyl/N-ethyl adjacent to an activating group) is 1. The summed E-state index contributed by atoms with van der Waals surface area (Å²) in [6.45, 7) is 5.52. The van der Waals surface area contributed by atoms with Gasteiger partial charge in [-0.15, -0.1) is 0 Å². The van der Waals surface area contributed by atoms with E-state index in [1.54, 1.807) is 0 Å². The summed E-state index contributed by atoms with van der Waals surface area (Å²) < 4.78 is 5.33. The van der Waals surface area contributed by atoms with Gasteiger partial charge < -0.3 is 9.64 Å². The first kappa shape index (κ1) is 13.8. The smallest absolute Gasteiger partial charge is 0.225 e. The molecular formula is C14H26N2O2. The number of ether oxygens (including phenoxy) is 1. The number of hydrogen-bond acceptors (Lipinski definition) is 3. The van der Waals surface area contributed by atoms with Crippen LogP contribution in [-0.4, -0.2) is 62.1 Å². The van der Waals surface area contributed by atoms with E-state index in [0.717, 1.165) is 52.2 Å². The van der Waals surface area contributed by atoms with Gasteiger partial charge in [0.25, 0.3) is 0 Å². The molecule has 1 amide bonds. The second-order valence-electron chi connectivity index (χ2n) is 5.55. The molecular weight excluding hydrogens is 228 g/mol. The monoisotopic (exact) mass is 254 g/mol. The number of hydrogen-bond donors (Lipinski definition) is 0. The molecule has 0 N–H and O–H groups in total. The van der Waals surface area contributed by atoms with Gasteiger partial charge >= 0.3 is 0 Å². The van der Waals surface area contributed by atoms with Gasteiger partial charge in [0.05, 0.1) is 13.2 Å². The maximum atomic E-state index is 12.3. The summed E-state index contributed by atoms with van der Waals surface area (Å²) in [7, 11) is 1.96. The Morgan fingerprint density at radius 2 is 1.89 bits per heavy atom. The van der Waals surface area contributed by atoms with Crippen molar-refractivity contribution >= 4 is 5.91 Å². The summed E-state index contributed by atoms with van der Waals surface area (Å²) in [6, 6.07) is 0. The zero-order valence-corrected chi connectivity index (χ0v) is 11.6. The Bertz CT molecular complexity index is 259. The summed E-state index contributed by atoms with van der Waals surface area (Å²) in [5, 5.41) is 0. The highest BCUT2D eigenvalue weighted by Crippen LogP contribution is 2.24. The molecule has 4 heteroatoms. The van der Waals surface area contributed by atoms with E-state index in [9.17, 15) is 4.79 Å². The molecule has 0 radical (unpaired) electrons. The van der Waals surface area contributed by atoms with Gasteiger partial charge in [-0.05, 0) is 12.8 Å². The van der Waals surface area contributed by atoms with Gasteiger partial charge in [-0.2, -0.15) is 0 Å². The average Bonchev–Trinajstić information content (AvgIpc) is 2.46. The average molecular weight is 254 g/mol. The number of amides is 1. The van der Waals surface area contributed by atoms with Gasteiger partial charge in [-0.3, -0.25) is 9.69 Å². The molecule has 1 saturated heterocycles. The number of carbonyl (C=O) groups excluding carboxylic acids is 1. The number of nitrogens with zero attached hydrogens (tertiary/aromatic N) is 2. The molecule has 0 aromatic heterocycles. The van der Waals surface area contributed by atoms with Crippen molar-refractivity contribution in [1.82, 2.24) is 9.80 Å². The standard InChI is InChI=1S/C14H26N2O2/c1-15(7-8-16-9-11-18-12-10-16)14(17)13-5-3-2-4-6-13/h13H,2-12H2,1H3. The maximum absolute atomic E-state index is 12.3. The first-order valence-corrected chi connectivity index (χ1v) is 7.32. The molecule has 1 heterocycles. The third kappa shape index (κ3) is 3.95. The second kappa shape index (κ2) is 7.10. The van der Waals surface area contributed by atoms with E-state index < -0.39 is 0 Å². The van der Waals surface area contributed by atoms with Crippen molar-refractivity contribution in [3.8, 4) is 0 Å². The number of carbonyl (C=O) groups is 1. The molecule has 2 aliphatic rings. The lowest BCUT2D eigenvalue weighted by molar-refractivity contribution is -0.135. The van der Waals surface area contributed by atoms with Crippen LogP contribution in [0.15, 0.2) is 0 Å². The fourth-order valence-corrected chi connectivity index (χ4v) is 2.89. The van der Waals surface area contributed by atoms with Crippen LogP contribution in [0.1, 0.15) is 32.1 Å². The Kier molecular flexibility index (Phi) is 5.45. The minimum Gasteiger partial charge on any atom is -0.379 e. The molecule has 1 aliphatic heterocycles. The quantitative estimate of drug-likeness (QED) is 0.759. The molecule has 4 nitrogen and oxygen atoms in total. The molecule has 2 fully saturated rings. The zero-order chi connectivity index (χ0) is 12.8. The van der Waals surface area contributed by atoms with Crippen LogP contribution in [0, 0.1) is 5.92 Å². The fraction of sp³-hybridized carbons (Fsp3) is 0.929. The van der Waals surface area contributed by atoms with E-state index in [-0.39, 0.29) is 0 Å². The van der Waals surface area contributed by atoms with Crippen LogP contribution >= 0.6 is 0 Å². The van der Waals surface area contributed by atoms with Crippen LogP contribution in [0.5, 0.6) is 0 Å². The van der Waals surface area contributed by atoms with E-state index in [4.69, 9.17) is 4.74 Å². The lowest BCUT2D eigenvalue weighted by Gasteiger charge is -2.30. The second-order valence-corrected chi connectivity index (χ2v) is 5.55. The van der Waals surface area contributed by atoms with Gasteiger partial charge in [0.1, 0.15) is 0 Å².